The zero-order valence-electron chi connectivity index (χ0n) is 15.4. The van der Waals surface area contributed by atoms with Gasteiger partial charge in [0.05, 0.1) is 14.2 Å². The number of carbonyl (C=O) groups is 1. The highest BCUT2D eigenvalue weighted by Gasteiger charge is 2.08. The molecule has 2 rings (SSSR count). The van der Waals surface area contributed by atoms with Crippen LogP contribution in [0.4, 0.5) is 5.69 Å². The van der Waals surface area contributed by atoms with Gasteiger partial charge in [0, 0.05) is 11.3 Å². The molecule has 0 saturated carbocycles. The summed E-state index contributed by atoms with van der Waals surface area (Å²) < 4.78 is 10.5. The van der Waals surface area contributed by atoms with E-state index in [0.717, 1.165) is 11.3 Å². The first-order valence-corrected chi connectivity index (χ1v) is 8.26. The molecule has 0 heterocycles. The van der Waals surface area contributed by atoms with Crippen LogP contribution in [0.1, 0.15) is 37.8 Å². The molecule has 0 saturated heterocycles. The first kappa shape index (κ1) is 18.6. The molecule has 0 aliphatic heterocycles. The van der Waals surface area contributed by atoms with E-state index in [0.29, 0.717) is 23.0 Å². The number of nitrogens with one attached hydrogen (secondary N) is 1. The lowest BCUT2D eigenvalue weighted by Gasteiger charge is -2.10. The van der Waals surface area contributed by atoms with Crippen LogP contribution in [-0.4, -0.2) is 20.1 Å². The normalized spacial score (nSPS) is 11.4. The van der Waals surface area contributed by atoms with Gasteiger partial charge in [0.2, 0.25) is 0 Å². The molecule has 0 fully saturated rings. The maximum atomic E-state index is 12.4. The van der Waals surface area contributed by atoms with Gasteiger partial charge in [-0.25, -0.2) is 0 Å². The molecule has 0 atom stereocenters. The van der Waals surface area contributed by atoms with Crippen LogP contribution in [0, 0.1) is 0 Å². The van der Waals surface area contributed by atoms with Crippen molar-refractivity contribution in [3.8, 4) is 11.5 Å². The van der Waals surface area contributed by atoms with Crippen LogP contribution in [-0.2, 0) is 4.79 Å². The van der Waals surface area contributed by atoms with Crippen molar-refractivity contribution in [3.05, 3.63) is 59.2 Å². The summed E-state index contributed by atoms with van der Waals surface area (Å²) in [6.45, 7) is 6.07. The Morgan fingerprint density at radius 3 is 2.20 bits per heavy atom. The Hall–Kier alpha value is -2.75. The fourth-order valence-corrected chi connectivity index (χ4v) is 2.44. The van der Waals surface area contributed by atoms with E-state index in [2.05, 4.69) is 19.2 Å². The summed E-state index contributed by atoms with van der Waals surface area (Å²) in [4.78, 5) is 12.4. The van der Waals surface area contributed by atoms with Crippen LogP contribution in [0.2, 0.25) is 0 Å². The minimum atomic E-state index is -0.132. The lowest BCUT2D eigenvalue weighted by molar-refractivity contribution is -0.112. The summed E-state index contributed by atoms with van der Waals surface area (Å²) in [5, 5.41) is 2.92. The third-order valence-corrected chi connectivity index (χ3v) is 3.98. The van der Waals surface area contributed by atoms with Crippen LogP contribution < -0.4 is 14.8 Å². The molecule has 4 heteroatoms. The monoisotopic (exact) mass is 339 g/mol. The molecule has 1 N–H and O–H groups in total. The Morgan fingerprint density at radius 2 is 1.64 bits per heavy atom. The zero-order valence-corrected chi connectivity index (χ0v) is 15.4. The molecule has 0 bridgehead atoms. The summed E-state index contributed by atoms with van der Waals surface area (Å²) >= 11 is 0. The molecular weight excluding hydrogens is 314 g/mol. The quantitative estimate of drug-likeness (QED) is 0.764. The van der Waals surface area contributed by atoms with E-state index in [-0.39, 0.29) is 5.91 Å². The maximum Gasteiger partial charge on any atom is 0.251 e. The Labute approximate surface area is 149 Å². The maximum absolute atomic E-state index is 12.4. The van der Waals surface area contributed by atoms with Crippen molar-refractivity contribution >= 4 is 17.7 Å². The fraction of sp³-hybridized carbons (Fsp3) is 0.286. The van der Waals surface area contributed by atoms with E-state index in [9.17, 15) is 4.79 Å². The number of hydrogen-bond donors (Lipinski definition) is 1. The largest absolute Gasteiger partial charge is 0.493 e. The lowest BCUT2D eigenvalue weighted by Crippen LogP contribution is -2.12. The van der Waals surface area contributed by atoms with E-state index in [1.54, 1.807) is 21.1 Å². The molecule has 2 aromatic rings. The van der Waals surface area contributed by atoms with Gasteiger partial charge in [0.1, 0.15) is 0 Å². The predicted octanol–water partition coefficient (Wildman–Crippen LogP) is 4.87. The highest BCUT2D eigenvalue weighted by atomic mass is 16.5. The predicted molar refractivity (Wildman–Crippen MR) is 102 cm³/mol. The van der Waals surface area contributed by atoms with E-state index in [4.69, 9.17) is 9.47 Å². The molecule has 0 aliphatic carbocycles. The summed E-state index contributed by atoms with van der Waals surface area (Å²) in [5.74, 6) is 1.63. The van der Waals surface area contributed by atoms with E-state index in [1.165, 1.54) is 5.56 Å². The third kappa shape index (κ3) is 4.86. The number of benzene rings is 2. The molecule has 4 nitrogen and oxygen atoms in total. The molecule has 132 valence electrons. The topological polar surface area (TPSA) is 47.6 Å². The minimum absolute atomic E-state index is 0.132. The van der Waals surface area contributed by atoms with Crippen LogP contribution in [0.3, 0.4) is 0 Å². The van der Waals surface area contributed by atoms with Gasteiger partial charge in [-0.3, -0.25) is 4.79 Å². The molecule has 0 unspecified atom stereocenters. The molecule has 0 spiro atoms. The molecule has 25 heavy (non-hydrogen) atoms. The zero-order chi connectivity index (χ0) is 18.4. The second-order valence-electron chi connectivity index (χ2n) is 6.17. The van der Waals surface area contributed by atoms with Crippen LogP contribution in [0.25, 0.3) is 6.08 Å². The average Bonchev–Trinajstić information content (AvgIpc) is 2.61. The lowest BCUT2D eigenvalue weighted by atomic mass is 10.0. The van der Waals surface area contributed by atoms with Crippen molar-refractivity contribution in [1.82, 2.24) is 0 Å². The number of anilines is 1. The Morgan fingerprint density at radius 1 is 1.00 bits per heavy atom. The van der Waals surface area contributed by atoms with Crippen molar-refractivity contribution < 1.29 is 14.3 Å². The summed E-state index contributed by atoms with van der Waals surface area (Å²) in [5.41, 5.74) is 3.52. The molecule has 0 aromatic heterocycles. The van der Waals surface area contributed by atoms with Gasteiger partial charge in [-0.2, -0.15) is 0 Å². The van der Waals surface area contributed by atoms with Crippen molar-refractivity contribution in [1.29, 1.82) is 0 Å². The van der Waals surface area contributed by atoms with Crippen molar-refractivity contribution in [2.24, 2.45) is 0 Å². The fourth-order valence-electron chi connectivity index (χ4n) is 2.44. The first-order chi connectivity index (χ1) is 11.9. The van der Waals surface area contributed by atoms with Crippen LogP contribution in [0.15, 0.2) is 48.0 Å². The SMILES string of the molecule is COc1ccc(/C=C(\C)C(=O)Nc2ccc(C(C)C)cc2)cc1OC. The van der Waals surface area contributed by atoms with Crippen LogP contribution >= 0.6 is 0 Å². The second kappa shape index (κ2) is 8.38. The van der Waals surface area contributed by atoms with E-state index >= 15 is 0 Å². The van der Waals surface area contributed by atoms with Crippen molar-refractivity contribution in [3.63, 3.8) is 0 Å². The van der Waals surface area contributed by atoms with Gasteiger partial charge in [-0.05, 0) is 54.3 Å². The Bertz CT molecular complexity index is 761. The summed E-state index contributed by atoms with van der Waals surface area (Å²) in [7, 11) is 3.18. The molecule has 1 amide bonds. The molecule has 2 aromatic carbocycles. The highest BCUT2D eigenvalue weighted by molar-refractivity contribution is 6.06. The summed E-state index contributed by atoms with van der Waals surface area (Å²) in [6.07, 6.45) is 1.82. The second-order valence-corrected chi connectivity index (χ2v) is 6.17. The third-order valence-electron chi connectivity index (χ3n) is 3.98. The number of hydrogen-bond acceptors (Lipinski definition) is 3. The first-order valence-electron chi connectivity index (χ1n) is 8.26. The average molecular weight is 339 g/mol. The van der Waals surface area contributed by atoms with Gasteiger partial charge in [-0.1, -0.05) is 32.0 Å². The van der Waals surface area contributed by atoms with E-state index in [1.807, 2.05) is 48.5 Å². The minimum Gasteiger partial charge on any atom is -0.493 e. The number of amides is 1. The number of ether oxygens (including phenoxy) is 2. The van der Waals surface area contributed by atoms with Gasteiger partial charge in [-0.15, -0.1) is 0 Å². The smallest absolute Gasteiger partial charge is 0.251 e. The van der Waals surface area contributed by atoms with Gasteiger partial charge in [0.15, 0.2) is 11.5 Å². The van der Waals surface area contributed by atoms with Gasteiger partial charge >= 0.3 is 0 Å². The van der Waals surface area contributed by atoms with Crippen LogP contribution in [0.5, 0.6) is 11.5 Å². The standard InChI is InChI=1S/C21H25NO3/c1-14(2)17-7-9-18(10-8-17)22-21(23)15(3)12-16-6-11-19(24-4)20(13-16)25-5/h6-14H,1-5H3,(H,22,23)/b15-12+. The van der Waals surface area contributed by atoms with Crippen molar-refractivity contribution in [2.75, 3.05) is 19.5 Å². The number of carbonyl (C=O) groups excluding carboxylic acids is 1. The van der Waals surface area contributed by atoms with E-state index < -0.39 is 0 Å². The number of methoxy groups -OCH3 is 2. The molecule has 0 radical (unpaired) electrons. The Kier molecular flexibility index (Phi) is 6.23. The molecular formula is C21H25NO3. The number of rotatable bonds is 6. The summed E-state index contributed by atoms with van der Waals surface area (Å²) in [6, 6.07) is 13.5. The van der Waals surface area contributed by atoms with Gasteiger partial charge in [0.25, 0.3) is 5.91 Å². The van der Waals surface area contributed by atoms with Gasteiger partial charge < -0.3 is 14.8 Å². The Balaban J connectivity index is 2.12. The van der Waals surface area contributed by atoms with Crippen molar-refractivity contribution in [2.45, 2.75) is 26.7 Å². The molecule has 0 aliphatic rings. The highest BCUT2D eigenvalue weighted by Crippen LogP contribution is 2.28.